The Kier molecular flexibility index (Phi) is 7.05. The first kappa shape index (κ1) is 22.1. The molecule has 0 aliphatic carbocycles. The number of aliphatic carboxylic acids is 1. The lowest BCUT2D eigenvalue weighted by Gasteiger charge is -2.13. The van der Waals surface area contributed by atoms with Gasteiger partial charge in [0.2, 0.25) is 0 Å². The molecule has 5 nitrogen and oxygen atoms in total. The Balaban J connectivity index is 1.99. The van der Waals surface area contributed by atoms with E-state index in [0.717, 1.165) is 27.9 Å². The van der Waals surface area contributed by atoms with Gasteiger partial charge in [-0.15, -0.1) is 0 Å². The Bertz CT molecular complexity index is 1110. The van der Waals surface area contributed by atoms with Crippen LogP contribution >= 0.6 is 0 Å². The summed E-state index contributed by atoms with van der Waals surface area (Å²) in [6, 6.07) is 17.6. The third-order valence-corrected chi connectivity index (χ3v) is 4.74. The molecular formula is C25H22FNO4. The highest BCUT2D eigenvalue weighted by atomic mass is 19.1. The number of aliphatic hydroxyl groups excluding tert-OH is 1. The molecule has 31 heavy (non-hydrogen) atoms. The Hall–Kier alpha value is -3.64. The van der Waals surface area contributed by atoms with Gasteiger partial charge in [0.1, 0.15) is 18.0 Å². The average Bonchev–Trinajstić information content (AvgIpc) is 2.73. The third-order valence-electron chi connectivity index (χ3n) is 4.74. The second-order valence-corrected chi connectivity index (χ2v) is 7.17. The standard InChI is InChI=1S/C25H22FNO4/c1-16-22(12-11-20(28)13-21(29)14-25(30)31)23(17-7-9-19(26)10-8-17)15-24(27-16)18-5-3-2-4-6-18/h2-12,15,20,28H,13-14H2,1H3,(H,30,31). The fraction of sp³-hybridized carbons (Fsp3) is 0.160. The number of aliphatic hydroxyl groups is 1. The number of carboxylic acids is 1. The van der Waals surface area contributed by atoms with Crippen LogP contribution in [0.15, 0.2) is 66.7 Å². The summed E-state index contributed by atoms with van der Waals surface area (Å²) in [4.78, 5) is 26.9. The van der Waals surface area contributed by atoms with Crippen molar-refractivity contribution in [1.82, 2.24) is 4.98 Å². The zero-order valence-corrected chi connectivity index (χ0v) is 17.0. The van der Waals surface area contributed by atoms with Crippen LogP contribution in [-0.4, -0.2) is 33.1 Å². The van der Waals surface area contributed by atoms with E-state index in [1.165, 1.54) is 18.2 Å². The Morgan fingerprint density at radius 1 is 1.06 bits per heavy atom. The number of rotatable bonds is 8. The van der Waals surface area contributed by atoms with Crippen LogP contribution < -0.4 is 0 Å². The number of hydrogen-bond donors (Lipinski definition) is 2. The number of carbonyl (C=O) groups is 2. The van der Waals surface area contributed by atoms with Gasteiger partial charge >= 0.3 is 5.97 Å². The van der Waals surface area contributed by atoms with E-state index in [1.807, 2.05) is 43.3 Å². The summed E-state index contributed by atoms with van der Waals surface area (Å²) in [7, 11) is 0. The van der Waals surface area contributed by atoms with Crippen LogP contribution in [0, 0.1) is 12.7 Å². The molecule has 0 aliphatic heterocycles. The molecule has 1 atom stereocenters. The number of hydrogen-bond acceptors (Lipinski definition) is 4. The molecule has 1 unspecified atom stereocenters. The molecule has 2 N–H and O–H groups in total. The van der Waals surface area contributed by atoms with E-state index < -0.39 is 24.3 Å². The quantitative estimate of drug-likeness (QED) is 0.518. The van der Waals surface area contributed by atoms with Crippen LogP contribution in [0.5, 0.6) is 0 Å². The van der Waals surface area contributed by atoms with Crippen molar-refractivity contribution in [3.05, 3.63) is 83.8 Å². The van der Waals surface area contributed by atoms with Gasteiger partial charge in [-0.25, -0.2) is 4.39 Å². The molecule has 0 amide bonds. The highest BCUT2D eigenvalue weighted by Gasteiger charge is 2.14. The van der Waals surface area contributed by atoms with Crippen LogP contribution in [0.1, 0.15) is 24.1 Å². The van der Waals surface area contributed by atoms with Gasteiger partial charge in [0.15, 0.2) is 0 Å². The van der Waals surface area contributed by atoms with Crippen molar-refractivity contribution in [3.8, 4) is 22.4 Å². The minimum atomic E-state index is -1.23. The number of aryl methyl sites for hydroxylation is 1. The zero-order chi connectivity index (χ0) is 22.4. The van der Waals surface area contributed by atoms with Crippen molar-refractivity contribution in [1.29, 1.82) is 0 Å². The normalized spacial score (nSPS) is 12.1. The average molecular weight is 419 g/mol. The van der Waals surface area contributed by atoms with Crippen LogP contribution in [0.2, 0.25) is 0 Å². The topological polar surface area (TPSA) is 87.5 Å². The number of Topliss-reactive ketones (excluding diaryl/α,β-unsaturated/α-hetero) is 1. The number of pyridine rings is 1. The number of carboxylic acid groups (broad SMARTS) is 1. The van der Waals surface area contributed by atoms with Crippen molar-refractivity contribution in [2.45, 2.75) is 25.9 Å². The smallest absolute Gasteiger partial charge is 0.310 e. The third kappa shape index (κ3) is 5.93. The maximum Gasteiger partial charge on any atom is 0.310 e. The Morgan fingerprint density at radius 2 is 1.74 bits per heavy atom. The molecule has 0 saturated carbocycles. The van der Waals surface area contributed by atoms with E-state index in [2.05, 4.69) is 4.98 Å². The highest BCUT2D eigenvalue weighted by molar-refractivity contribution is 5.95. The first-order valence-electron chi connectivity index (χ1n) is 9.76. The lowest BCUT2D eigenvalue weighted by molar-refractivity contribution is -0.140. The molecule has 3 aromatic rings. The van der Waals surface area contributed by atoms with Gasteiger partial charge in [0.25, 0.3) is 0 Å². The van der Waals surface area contributed by atoms with Crippen molar-refractivity contribution >= 4 is 17.8 Å². The molecule has 6 heteroatoms. The molecule has 0 spiro atoms. The number of nitrogens with zero attached hydrogens (tertiary/aromatic N) is 1. The number of ketones is 1. The molecule has 158 valence electrons. The lowest BCUT2D eigenvalue weighted by atomic mass is 9.95. The van der Waals surface area contributed by atoms with Crippen molar-refractivity contribution in [2.24, 2.45) is 0 Å². The van der Waals surface area contributed by atoms with E-state index in [0.29, 0.717) is 5.69 Å². The van der Waals surface area contributed by atoms with E-state index in [-0.39, 0.29) is 12.2 Å². The maximum atomic E-state index is 13.5. The minimum absolute atomic E-state index is 0.288. The summed E-state index contributed by atoms with van der Waals surface area (Å²) in [6.07, 6.45) is 1.07. The molecule has 0 bridgehead atoms. The summed E-state index contributed by atoms with van der Waals surface area (Å²) in [5.74, 6) is -2.13. The second-order valence-electron chi connectivity index (χ2n) is 7.17. The largest absolute Gasteiger partial charge is 0.481 e. The number of aromatic nitrogens is 1. The Labute approximate surface area is 179 Å². The molecule has 0 radical (unpaired) electrons. The predicted octanol–water partition coefficient (Wildman–Crippen LogP) is 4.67. The fourth-order valence-electron chi connectivity index (χ4n) is 3.27. The van der Waals surface area contributed by atoms with Crippen LogP contribution in [0.4, 0.5) is 4.39 Å². The van der Waals surface area contributed by atoms with E-state index in [9.17, 15) is 19.1 Å². The molecule has 1 heterocycles. The van der Waals surface area contributed by atoms with Crippen LogP contribution in [0.3, 0.4) is 0 Å². The molecule has 3 rings (SSSR count). The van der Waals surface area contributed by atoms with Crippen LogP contribution in [0.25, 0.3) is 28.5 Å². The van der Waals surface area contributed by atoms with Crippen molar-refractivity contribution in [3.63, 3.8) is 0 Å². The van der Waals surface area contributed by atoms with Gasteiger partial charge in [0, 0.05) is 23.2 Å². The van der Waals surface area contributed by atoms with E-state index in [1.54, 1.807) is 18.2 Å². The lowest BCUT2D eigenvalue weighted by Crippen LogP contribution is -2.14. The summed E-state index contributed by atoms with van der Waals surface area (Å²) in [5, 5.41) is 18.8. The van der Waals surface area contributed by atoms with Crippen molar-refractivity contribution in [2.75, 3.05) is 0 Å². The fourth-order valence-corrected chi connectivity index (χ4v) is 3.27. The summed E-state index contributed by atoms with van der Waals surface area (Å²) in [6.45, 7) is 1.83. The SMILES string of the molecule is Cc1nc(-c2ccccc2)cc(-c2ccc(F)cc2)c1C=CC(O)CC(=O)CC(=O)O. The first-order chi connectivity index (χ1) is 14.8. The molecule has 0 saturated heterocycles. The molecular weight excluding hydrogens is 397 g/mol. The van der Waals surface area contributed by atoms with E-state index in [4.69, 9.17) is 5.11 Å². The van der Waals surface area contributed by atoms with Crippen LogP contribution in [-0.2, 0) is 9.59 Å². The summed E-state index contributed by atoms with van der Waals surface area (Å²) >= 11 is 0. The number of halogens is 1. The minimum Gasteiger partial charge on any atom is -0.481 e. The molecule has 0 aliphatic rings. The summed E-state index contributed by atoms with van der Waals surface area (Å²) in [5.41, 5.74) is 4.68. The maximum absolute atomic E-state index is 13.5. The predicted molar refractivity (Wildman–Crippen MR) is 117 cm³/mol. The molecule has 0 fully saturated rings. The first-order valence-corrected chi connectivity index (χ1v) is 9.76. The Morgan fingerprint density at radius 3 is 2.39 bits per heavy atom. The van der Waals surface area contributed by atoms with Gasteiger partial charge in [-0.05, 0) is 36.2 Å². The van der Waals surface area contributed by atoms with Gasteiger partial charge in [0.05, 0.1) is 11.8 Å². The summed E-state index contributed by atoms with van der Waals surface area (Å²) < 4.78 is 13.5. The van der Waals surface area contributed by atoms with Gasteiger partial charge in [-0.1, -0.05) is 54.6 Å². The van der Waals surface area contributed by atoms with Crippen molar-refractivity contribution < 1.29 is 24.2 Å². The van der Waals surface area contributed by atoms with Gasteiger partial charge in [-0.2, -0.15) is 0 Å². The van der Waals surface area contributed by atoms with Gasteiger partial charge in [-0.3, -0.25) is 14.6 Å². The van der Waals surface area contributed by atoms with Gasteiger partial charge < -0.3 is 10.2 Å². The molecule has 2 aromatic carbocycles. The number of carbonyl (C=O) groups excluding carboxylic acids is 1. The monoisotopic (exact) mass is 419 g/mol. The zero-order valence-electron chi connectivity index (χ0n) is 17.0. The van der Waals surface area contributed by atoms with E-state index >= 15 is 0 Å². The number of benzene rings is 2. The highest BCUT2D eigenvalue weighted by Crippen LogP contribution is 2.31. The molecule has 1 aromatic heterocycles. The second kappa shape index (κ2) is 9.91.